The number of hydrogen-bond acceptors (Lipinski definition) is 9. The van der Waals surface area contributed by atoms with Crippen LogP contribution in [-0.2, 0) is 30.3 Å². The minimum absolute atomic E-state index is 0.0922. The SMILES string of the molecule is C=C(CC1C=CC(c2ccc(CCC(=O)O[C@@H](C(C)C)C(O)NC(=C)C(=O)N3CCC[C@@H](C(=O)O)N3)cc2)=CC1)NC(=O)OC(C)(C)C. The fourth-order valence-electron chi connectivity index (χ4n) is 5.33. The lowest BCUT2D eigenvalue weighted by molar-refractivity contribution is -0.160. The zero-order valence-corrected chi connectivity index (χ0v) is 28.6. The number of carboxylic acid groups (broad SMARTS) is 1. The molecular weight excluding hydrogens is 616 g/mol. The Balaban J connectivity index is 1.45. The molecule has 1 saturated heterocycles. The maximum atomic E-state index is 12.8. The molecular formula is C36H50N4O8. The smallest absolute Gasteiger partial charge is 0.411 e. The number of alkyl carbamates (subject to hydrolysis) is 1. The Bertz CT molecular complexity index is 1410. The molecule has 5 N–H and O–H groups in total. The largest absolute Gasteiger partial charge is 0.480 e. The van der Waals surface area contributed by atoms with Gasteiger partial charge in [0, 0.05) is 18.7 Å². The summed E-state index contributed by atoms with van der Waals surface area (Å²) >= 11 is 0. The van der Waals surface area contributed by atoms with E-state index in [1.54, 1.807) is 13.8 Å². The molecule has 4 atom stereocenters. The lowest BCUT2D eigenvalue weighted by Gasteiger charge is -2.33. The Labute approximate surface area is 282 Å². The molecule has 0 aromatic heterocycles. The van der Waals surface area contributed by atoms with Gasteiger partial charge in [0.2, 0.25) is 0 Å². The van der Waals surface area contributed by atoms with Gasteiger partial charge in [0.15, 0.2) is 6.23 Å². The molecule has 48 heavy (non-hydrogen) atoms. The summed E-state index contributed by atoms with van der Waals surface area (Å²) in [6.07, 6.45) is 6.30. The van der Waals surface area contributed by atoms with Crippen LogP contribution in [-0.4, -0.2) is 69.7 Å². The van der Waals surface area contributed by atoms with Gasteiger partial charge in [-0.2, -0.15) is 0 Å². The van der Waals surface area contributed by atoms with Gasteiger partial charge in [-0.25, -0.2) is 10.2 Å². The highest BCUT2D eigenvalue weighted by molar-refractivity contribution is 5.92. The number of nitrogens with zero attached hydrogens (tertiary/aromatic N) is 1. The lowest BCUT2D eigenvalue weighted by Crippen LogP contribution is -2.57. The van der Waals surface area contributed by atoms with Crippen LogP contribution in [0.2, 0.25) is 0 Å². The van der Waals surface area contributed by atoms with Crippen LogP contribution in [0.15, 0.2) is 67.0 Å². The second-order valence-corrected chi connectivity index (χ2v) is 13.5. The highest BCUT2D eigenvalue weighted by Gasteiger charge is 2.32. The maximum Gasteiger partial charge on any atom is 0.411 e. The van der Waals surface area contributed by atoms with Crippen LogP contribution in [0, 0.1) is 11.8 Å². The maximum absolute atomic E-state index is 12.8. The summed E-state index contributed by atoms with van der Waals surface area (Å²) in [6.45, 7) is 16.9. The van der Waals surface area contributed by atoms with Gasteiger partial charge < -0.3 is 25.0 Å². The number of aliphatic hydroxyl groups is 1. The molecule has 12 nitrogen and oxygen atoms in total. The number of aliphatic carboxylic acids is 1. The number of benzene rings is 1. The van der Waals surface area contributed by atoms with Gasteiger partial charge in [-0.1, -0.05) is 69.5 Å². The predicted octanol–water partition coefficient (Wildman–Crippen LogP) is 4.58. The summed E-state index contributed by atoms with van der Waals surface area (Å²) < 4.78 is 10.9. The number of nitrogens with one attached hydrogen (secondary N) is 3. The monoisotopic (exact) mass is 666 g/mol. The highest BCUT2D eigenvalue weighted by Crippen LogP contribution is 2.28. The van der Waals surface area contributed by atoms with Crippen LogP contribution in [0.5, 0.6) is 0 Å². The fraction of sp³-hybridized carbons (Fsp3) is 0.500. The van der Waals surface area contributed by atoms with E-state index >= 15 is 0 Å². The molecule has 0 radical (unpaired) electrons. The fourth-order valence-corrected chi connectivity index (χ4v) is 5.33. The molecule has 2 amide bonds. The Hall–Kier alpha value is -4.42. The van der Waals surface area contributed by atoms with Gasteiger partial charge >= 0.3 is 18.0 Å². The van der Waals surface area contributed by atoms with E-state index in [0.717, 1.165) is 28.1 Å². The Morgan fingerprint density at radius 2 is 1.81 bits per heavy atom. The molecule has 1 aliphatic heterocycles. The van der Waals surface area contributed by atoms with Crippen molar-refractivity contribution in [3.63, 3.8) is 0 Å². The number of carbonyl (C=O) groups is 4. The number of esters is 1. The molecule has 0 saturated carbocycles. The minimum Gasteiger partial charge on any atom is -0.480 e. The number of aryl methyl sites for hydroxylation is 1. The van der Waals surface area contributed by atoms with Gasteiger partial charge in [0.05, 0.1) is 5.70 Å². The van der Waals surface area contributed by atoms with Crippen LogP contribution in [0.25, 0.3) is 5.57 Å². The summed E-state index contributed by atoms with van der Waals surface area (Å²) in [5, 5.41) is 26.5. The second kappa shape index (κ2) is 17.1. The van der Waals surface area contributed by atoms with Crippen LogP contribution in [0.3, 0.4) is 0 Å². The third-order valence-corrected chi connectivity index (χ3v) is 7.83. The van der Waals surface area contributed by atoms with Crippen molar-refractivity contribution in [2.24, 2.45) is 11.8 Å². The molecule has 3 rings (SSSR count). The van der Waals surface area contributed by atoms with Crippen molar-refractivity contribution < 1.29 is 38.9 Å². The van der Waals surface area contributed by atoms with Gasteiger partial charge in [-0.05, 0) is 81.4 Å². The number of aliphatic hydroxyl groups excluding tert-OH is 1. The molecule has 1 aromatic rings. The van der Waals surface area contributed by atoms with Crippen molar-refractivity contribution in [2.75, 3.05) is 6.54 Å². The van der Waals surface area contributed by atoms with Crippen LogP contribution >= 0.6 is 0 Å². The van der Waals surface area contributed by atoms with Gasteiger partial charge in [0.1, 0.15) is 17.7 Å². The molecule has 1 heterocycles. The van der Waals surface area contributed by atoms with E-state index in [1.807, 2.05) is 45.0 Å². The first kappa shape index (κ1) is 38.0. The average molecular weight is 667 g/mol. The molecule has 1 aliphatic carbocycles. The third kappa shape index (κ3) is 12.0. The van der Waals surface area contributed by atoms with E-state index in [-0.39, 0.29) is 24.0 Å². The third-order valence-electron chi connectivity index (χ3n) is 7.83. The number of allylic oxidation sites excluding steroid dienone is 5. The summed E-state index contributed by atoms with van der Waals surface area (Å²) in [7, 11) is 0. The molecule has 2 aliphatic rings. The van der Waals surface area contributed by atoms with Crippen molar-refractivity contribution in [3.8, 4) is 0 Å². The Kier molecular flexibility index (Phi) is 13.6. The minimum atomic E-state index is -1.40. The number of hydrogen-bond donors (Lipinski definition) is 5. The molecule has 0 bridgehead atoms. The quantitative estimate of drug-likeness (QED) is 0.108. The second-order valence-electron chi connectivity index (χ2n) is 13.5. The number of carbonyl (C=O) groups excluding carboxylic acids is 3. The van der Waals surface area contributed by atoms with E-state index in [4.69, 9.17) is 9.47 Å². The van der Waals surface area contributed by atoms with Crippen molar-refractivity contribution in [1.29, 1.82) is 0 Å². The van der Waals surface area contributed by atoms with Crippen molar-refractivity contribution in [1.82, 2.24) is 21.1 Å². The van der Waals surface area contributed by atoms with E-state index < -0.39 is 47.9 Å². The summed E-state index contributed by atoms with van der Waals surface area (Å²) in [4.78, 5) is 48.8. The zero-order valence-electron chi connectivity index (χ0n) is 28.6. The molecule has 12 heteroatoms. The molecule has 1 aromatic carbocycles. The van der Waals surface area contributed by atoms with Crippen molar-refractivity contribution >= 4 is 29.5 Å². The first-order valence-electron chi connectivity index (χ1n) is 16.3. The molecule has 262 valence electrons. The first-order valence-corrected chi connectivity index (χ1v) is 16.3. The number of hydrazine groups is 1. The zero-order chi connectivity index (χ0) is 35.6. The van der Waals surface area contributed by atoms with Gasteiger partial charge in [-0.15, -0.1) is 0 Å². The summed E-state index contributed by atoms with van der Waals surface area (Å²) in [6, 6.07) is 7.05. The van der Waals surface area contributed by atoms with Gasteiger partial charge in [-0.3, -0.25) is 24.7 Å². The number of ether oxygens (including phenoxy) is 2. The van der Waals surface area contributed by atoms with Crippen LogP contribution in [0.4, 0.5) is 4.79 Å². The summed E-state index contributed by atoms with van der Waals surface area (Å²) in [5.41, 5.74) is 5.61. The number of amides is 2. The van der Waals surface area contributed by atoms with E-state index in [0.29, 0.717) is 37.9 Å². The van der Waals surface area contributed by atoms with Gasteiger partial charge in [0.25, 0.3) is 5.91 Å². The molecule has 1 fully saturated rings. The van der Waals surface area contributed by atoms with Crippen LogP contribution in [0.1, 0.15) is 77.8 Å². The Morgan fingerprint density at radius 3 is 2.40 bits per heavy atom. The topological polar surface area (TPSA) is 167 Å². The first-order chi connectivity index (χ1) is 22.5. The van der Waals surface area contributed by atoms with E-state index in [1.165, 1.54) is 0 Å². The van der Waals surface area contributed by atoms with Crippen LogP contribution < -0.4 is 16.1 Å². The lowest BCUT2D eigenvalue weighted by atomic mass is 9.90. The standard InChI is InChI=1S/C36H50N4O8/c1-22(2)31(32(42)38-24(4)33(43)40-20-8-9-29(39-40)34(44)45)47-30(41)19-14-25-10-15-27(16-11-25)28-17-12-26(13-18-28)21-23(3)37-35(46)48-36(5,6)7/h10-12,15-18,22,26,29,31-32,38-39,42H,3-4,8-9,13-14,19-21H2,1-2,5-7H3,(H,37,46)(H,44,45)/t26?,29-,31-,32?/m0/s1. The summed E-state index contributed by atoms with van der Waals surface area (Å²) in [5.74, 6) is -2.23. The van der Waals surface area contributed by atoms with E-state index in [9.17, 15) is 29.4 Å². The number of carboxylic acids is 1. The van der Waals surface area contributed by atoms with E-state index in [2.05, 4.69) is 47.4 Å². The molecule has 2 unspecified atom stereocenters. The predicted molar refractivity (Wildman–Crippen MR) is 182 cm³/mol. The van der Waals surface area contributed by atoms with Crippen molar-refractivity contribution in [3.05, 3.63) is 78.2 Å². The average Bonchev–Trinajstić information content (AvgIpc) is 3.01. The normalized spacial score (nSPS) is 19.1. The highest BCUT2D eigenvalue weighted by atomic mass is 16.6. The Morgan fingerprint density at radius 1 is 1.12 bits per heavy atom. The van der Waals surface area contributed by atoms with Crippen molar-refractivity contribution in [2.45, 2.75) is 97.1 Å². The molecule has 0 spiro atoms. The number of rotatable bonds is 14.